The van der Waals surface area contributed by atoms with Gasteiger partial charge in [0.25, 0.3) is 0 Å². The van der Waals surface area contributed by atoms with E-state index in [1.54, 1.807) is 0 Å². The first-order chi connectivity index (χ1) is 5.42. The average Bonchev–Trinajstić information content (AvgIpc) is 2.47. The Morgan fingerprint density at radius 1 is 1.36 bits per heavy atom. The number of hydrogen-bond donors (Lipinski definition) is 0. The summed E-state index contributed by atoms with van der Waals surface area (Å²) in [5.41, 5.74) is 0. The number of fused-ring (bicyclic) bond motifs is 1. The number of rotatable bonds is 0. The first-order valence-corrected chi connectivity index (χ1v) is 3.80. The molecule has 0 aromatic carbocycles. The Balaban J connectivity index is 2.48. The van der Waals surface area contributed by atoms with E-state index in [1.165, 1.54) is 12.8 Å². The molecular formula is C8H9N3. The lowest BCUT2D eigenvalue weighted by Crippen LogP contribution is -2.11. The van der Waals surface area contributed by atoms with Crippen LogP contribution in [0.3, 0.4) is 0 Å². The van der Waals surface area contributed by atoms with Crippen molar-refractivity contribution in [1.29, 1.82) is 0 Å². The fraction of sp³-hybridized carbons (Fsp3) is 0.500. The summed E-state index contributed by atoms with van der Waals surface area (Å²) < 4.78 is 2.03. The highest BCUT2D eigenvalue weighted by Gasteiger charge is 2.13. The Kier molecular flexibility index (Phi) is 1.39. The molecule has 11 heavy (non-hydrogen) atoms. The predicted molar refractivity (Wildman–Crippen MR) is 40.9 cm³/mol. The Hall–Kier alpha value is -1.30. The van der Waals surface area contributed by atoms with Gasteiger partial charge in [-0.25, -0.2) is 0 Å². The van der Waals surface area contributed by atoms with Crippen LogP contribution in [-0.2, 0) is 13.0 Å². The van der Waals surface area contributed by atoms with Gasteiger partial charge in [0, 0.05) is 13.0 Å². The van der Waals surface area contributed by atoms with E-state index in [2.05, 4.69) is 16.1 Å². The number of terminal acetylenes is 1. The van der Waals surface area contributed by atoms with Crippen molar-refractivity contribution >= 4 is 0 Å². The zero-order valence-electron chi connectivity index (χ0n) is 6.25. The van der Waals surface area contributed by atoms with Crippen LogP contribution in [0.5, 0.6) is 0 Å². The van der Waals surface area contributed by atoms with Crippen LogP contribution in [0.4, 0.5) is 0 Å². The monoisotopic (exact) mass is 147 g/mol. The van der Waals surface area contributed by atoms with Crippen LogP contribution >= 0.6 is 0 Å². The van der Waals surface area contributed by atoms with Gasteiger partial charge in [-0.1, -0.05) is 0 Å². The van der Waals surface area contributed by atoms with Gasteiger partial charge in [-0.15, -0.1) is 16.6 Å². The molecule has 0 amide bonds. The first kappa shape index (κ1) is 6.41. The second kappa shape index (κ2) is 2.39. The summed E-state index contributed by atoms with van der Waals surface area (Å²) in [7, 11) is 0. The van der Waals surface area contributed by atoms with Crippen molar-refractivity contribution in [1.82, 2.24) is 14.8 Å². The number of aryl methyl sites for hydroxylation is 1. The van der Waals surface area contributed by atoms with E-state index in [-0.39, 0.29) is 0 Å². The fourth-order valence-electron chi connectivity index (χ4n) is 1.42. The van der Waals surface area contributed by atoms with Crippen molar-refractivity contribution in [2.45, 2.75) is 25.8 Å². The largest absolute Gasteiger partial charge is 0.304 e. The quantitative estimate of drug-likeness (QED) is 0.503. The molecule has 56 valence electrons. The molecule has 3 heteroatoms. The van der Waals surface area contributed by atoms with Gasteiger partial charge in [-0.2, -0.15) is 0 Å². The molecule has 0 aliphatic carbocycles. The normalized spacial score (nSPS) is 15.5. The molecule has 0 fully saturated rings. The van der Waals surface area contributed by atoms with Crippen molar-refractivity contribution in [2.24, 2.45) is 0 Å². The zero-order valence-corrected chi connectivity index (χ0v) is 6.25. The lowest BCUT2D eigenvalue weighted by Gasteiger charge is -2.12. The van der Waals surface area contributed by atoms with Gasteiger partial charge in [0.2, 0.25) is 5.82 Å². The van der Waals surface area contributed by atoms with Gasteiger partial charge in [-0.3, -0.25) is 0 Å². The van der Waals surface area contributed by atoms with Crippen LogP contribution in [0.15, 0.2) is 0 Å². The second-order valence-electron chi connectivity index (χ2n) is 2.69. The summed E-state index contributed by atoms with van der Waals surface area (Å²) in [5.74, 6) is 4.25. The smallest absolute Gasteiger partial charge is 0.207 e. The molecule has 0 atom stereocenters. The molecule has 1 aromatic heterocycles. The molecule has 0 radical (unpaired) electrons. The molecule has 2 heterocycles. The minimum atomic E-state index is 0.680. The zero-order chi connectivity index (χ0) is 7.68. The van der Waals surface area contributed by atoms with E-state index in [1.807, 2.05) is 4.57 Å². The molecule has 0 saturated heterocycles. The maximum Gasteiger partial charge on any atom is 0.207 e. The molecule has 3 nitrogen and oxygen atoms in total. The Bertz CT molecular complexity index is 306. The number of hydrogen-bond acceptors (Lipinski definition) is 2. The Morgan fingerprint density at radius 3 is 3.09 bits per heavy atom. The van der Waals surface area contributed by atoms with Crippen molar-refractivity contribution in [3.8, 4) is 12.3 Å². The summed E-state index contributed by atoms with van der Waals surface area (Å²) >= 11 is 0. The maximum atomic E-state index is 5.25. The van der Waals surface area contributed by atoms with Gasteiger partial charge in [-0.05, 0) is 18.8 Å². The van der Waals surface area contributed by atoms with Crippen LogP contribution in [0, 0.1) is 12.3 Å². The molecule has 0 saturated carbocycles. The molecule has 1 aromatic rings. The molecule has 1 aliphatic heterocycles. The van der Waals surface area contributed by atoms with Crippen LogP contribution in [0.1, 0.15) is 24.5 Å². The molecule has 2 rings (SSSR count). The third kappa shape index (κ3) is 0.911. The molecule has 0 bridgehead atoms. The number of aromatic nitrogens is 3. The third-order valence-electron chi connectivity index (χ3n) is 1.99. The molecule has 0 unspecified atom stereocenters. The molecule has 1 aliphatic rings. The van der Waals surface area contributed by atoms with Crippen LogP contribution in [-0.4, -0.2) is 14.8 Å². The van der Waals surface area contributed by atoms with E-state index >= 15 is 0 Å². The summed E-state index contributed by atoms with van der Waals surface area (Å²) in [6.45, 7) is 0.988. The molecule has 0 spiro atoms. The van der Waals surface area contributed by atoms with Crippen LogP contribution in [0.25, 0.3) is 0 Å². The van der Waals surface area contributed by atoms with E-state index in [0.29, 0.717) is 5.82 Å². The lowest BCUT2D eigenvalue weighted by atomic mass is 10.2. The first-order valence-electron chi connectivity index (χ1n) is 3.80. The minimum Gasteiger partial charge on any atom is -0.304 e. The topological polar surface area (TPSA) is 30.7 Å². The highest BCUT2D eigenvalue weighted by atomic mass is 15.3. The molecule has 0 N–H and O–H groups in total. The van der Waals surface area contributed by atoms with Gasteiger partial charge in [0.15, 0.2) is 0 Å². The van der Waals surface area contributed by atoms with E-state index in [0.717, 1.165) is 18.8 Å². The summed E-state index contributed by atoms with van der Waals surface area (Å²) in [6, 6.07) is 0. The van der Waals surface area contributed by atoms with Crippen molar-refractivity contribution in [3.63, 3.8) is 0 Å². The van der Waals surface area contributed by atoms with Crippen LogP contribution in [0.2, 0.25) is 0 Å². The predicted octanol–water partition coefficient (Wildman–Crippen LogP) is 0.596. The van der Waals surface area contributed by atoms with E-state index in [9.17, 15) is 0 Å². The summed E-state index contributed by atoms with van der Waals surface area (Å²) in [5, 5.41) is 7.89. The van der Waals surface area contributed by atoms with Crippen molar-refractivity contribution < 1.29 is 0 Å². The molecular weight excluding hydrogens is 138 g/mol. The number of nitrogens with zero attached hydrogens (tertiary/aromatic N) is 3. The minimum absolute atomic E-state index is 0.680. The van der Waals surface area contributed by atoms with Gasteiger partial charge >= 0.3 is 0 Å². The van der Waals surface area contributed by atoms with Crippen molar-refractivity contribution in [2.75, 3.05) is 0 Å². The Morgan fingerprint density at radius 2 is 2.27 bits per heavy atom. The highest BCUT2D eigenvalue weighted by Crippen LogP contribution is 2.12. The Labute approximate surface area is 65.4 Å². The van der Waals surface area contributed by atoms with Gasteiger partial charge < -0.3 is 4.57 Å². The van der Waals surface area contributed by atoms with Crippen molar-refractivity contribution in [3.05, 3.63) is 11.6 Å². The standard InChI is InChI=1S/C8H9N3/c1-2-7-9-10-8-5-3-4-6-11(7)8/h1H,3-6H2. The van der Waals surface area contributed by atoms with Crippen LogP contribution < -0.4 is 0 Å². The summed E-state index contributed by atoms with van der Waals surface area (Å²) in [4.78, 5) is 0. The fourth-order valence-corrected chi connectivity index (χ4v) is 1.42. The third-order valence-corrected chi connectivity index (χ3v) is 1.99. The second-order valence-corrected chi connectivity index (χ2v) is 2.69. The van der Waals surface area contributed by atoms with E-state index in [4.69, 9.17) is 6.42 Å². The lowest BCUT2D eigenvalue weighted by molar-refractivity contribution is 0.519. The van der Waals surface area contributed by atoms with E-state index < -0.39 is 0 Å². The maximum absolute atomic E-state index is 5.25. The van der Waals surface area contributed by atoms with Gasteiger partial charge in [0.05, 0.1) is 0 Å². The van der Waals surface area contributed by atoms with Gasteiger partial charge in [0.1, 0.15) is 5.82 Å². The average molecular weight is 147 g/mol. The summed E-state index contributed by atoms with van der Waals surface area (Å²) in [6.07, 6.45) is 8.67. The SMILES string of the molecule is C#Cc1nnc2n1CCCC2. The highest BCUT2D eigenvalue weighted by molar-refractivity contribution is 5.17.